The number of hydrogen-bond acceptors (Lipinski definition) is 1. The Morgan fingerprint density at radius 2 is 1.95 bits per heavy atom. The highest BCUT2D eigenvalue weighted by molar-refractivity contribution is 5.19. The molecule has 2 bridgehead atoms. The van der Waals surface area contributed by atoms with E-state index in [1.54, 1.807) is 0 Å². The van der Waals surface area contributed by atoms with Crippen LogP contribution in [-0.2, 0) is 0 Å². The molecule has 1 aromatic rings. The highest BCUT2D eigenvalue weighted by Gasteiger charge is 2.41. The van der Waals surface area contributed by atoms with E-state index in [1.807, 2.05) is 0 Å². The Balaban J connectivity index is 1.63. The molecule has 5 unspecified atom stereocenters. The largest absolute Gasteiger partial charge is 0.307 e. The van der Waals surface area contributed by atoms with Gasteiger partial charge in [0.1, 0.15) is 0 Å². The van der Waals surface area contributed by atoms with Crippen LogP contribution in [-0.4, -0.2) is 6.04 Å². The van der Waals surface area contributed by atoms with Gasteiger partial charge in [-0.3, -0.25) is 0 Å². The van der Waals surface area contributed by atoms with Gasteiger partial charge >= 0.3 is 0 Å². The van der Waals surface area contributed by atoms with Crippen LogP contribution in [0.1, 0.15) is 57.6 Å². The average Bonchev–Trinajstić information content (AvgIpc) is 3.08. The topological polar surface area (TPSA) is 12.0 Å². The first-order valence-electron chi connectivity index (χ1n) is 8.09. The first-order chi connectivity index (χ1) is 9.28. The number of rotatable bonds is 5. The summed E-state index contributed by atoms with van der Waals surface area (Å²) < 4.78 is 0. The molecule has 2 aliphatic carbocycles. The van der Waals surface area contributed by atoms with Crippen molar-refractivity contribution in [2.45, 2.75) is 58.0 Å². The van der Waals surface area contributed by atoms with Gasteiger partial charge in [0.2, 0.25) is 0 Å². The number of nitrogens with one attached hydrogen (secondary N) is 1. The van der Waals surface area contributed by atoms with Crippen molar-refractivity contribution in [3.05, 3.63) is 35.9 Å². The quantitative estimate of drug-likeness (QED) is 0.816. The van der Waals surface area contributed by atoms with E-state index in [0.29, 0.717) is 12.1 Å². The number of benzene rings is 1. The Hall–Kier alpha value is -0.820. The first kappa shape index (κ1) is 13.2. The molecule has 0 saturated heterocycles. The van der Waals surface area contributed by atoms with E-state index in [1.165, 1.54) is 37.7 Å². The smallest absolute Gasteiger partial charge is 0.0320 e. The maximum atomic E-state index is 3.91. The van der Waals surface area contributed by atoms with E-state index in [9.17, 15) is 0 Å². The summed E-state index contributed by atoms with van der Waals surface area (Å²) in [5.41, 5.74) is 1.44. The number of fused-ring (bicyclic) bond motifs is 2. The molecule has 1 nitrogen and oxygen atoms in total. The van der Waals surface area contributed by atoms with Gasteiger partial charge in [0.05, 0.1) is 0 Å². The Morgan fingerprint density at radius 1 is 1.16 bits per heavy atom. The van der Waals surface area contributed by atoms with Gasteiger partial charge in [-0.15, -0.1) is 0 Å². The van der Waals surface area contributed by atoms with Gasteiger partial charge in [0.15, 0.2) is 0 Å². The molecule has 5 atom stereocenters. The van der Waals surface area contributed by atoms with Gasteiger partial charge in [-0.2, -0.15) is 0 Å². The van der Waals surface area contributed by atoms with Crippen molar-refractivity contribution >= 4 is 0 Å². The van der Waals surface area contributed by atoms with E-state index in [4.69, 9.17) is 0 Å². The lowest BCUT2D eigenvalue weighted by atomic mass is 9.83. The van der Waals surface area contributed by atoms with Crippen molar-refractivity contribution in [1.82, 2.24) is 5.32 Å². The molecule has 0 spiro atoms. The van der Waals surface area contributed by atoms with Crippen LogP contribution in [0, 0.1) is 17.8 Å². The molecule has 0 aromatic heterocycles. The van der Waals surface area contributed by atoms with Gasteiger partial charge in [-0.05, 0) is 55.9 Å². The van der Waals surface area contributed by atoms with Crippen molar-refractivity contribution < 1.29 is 0 Å². The van der Waals surface area contributed by atoms with Crippen LogP contribution in [0.25, 0.3) is 0 Å². The van der Waals surface area contributed by atoms with E-state index < -0.39 is 0 Å². The van der Waals surface area contributed by atoms with E-state index in [2.05, 4.69) is 49.5 Å². The van der Waals surface area contributed by atoms with Crippen molar-refractivity contribution in [3.63, 3.8) is 0 Å². The summed E-state index contributed by atoms with van der Waals surface area (Å²) in [6.45, 7) is 4.70. The predicted octanol–water partition coefficient (Wildman–Crippen LogP) is 4.55. The second-order valence-electron chi connectivity index (χ2n) is 6.67. The summed E-state index contributed by atoms with van der Waals surface area (Å²) in [5, 5.41) is 3.91. The zero-order valence-electron chi connectivity index (χ0n) is 12.3. The lowest BCUT2D eigenvalue weighted by molar-refractivity contribution is 0.243. The van der Waals surface area contributed by atoms with Gasteiger partial charge in [0.25, 0.3) is 0 Å². The Morgan fingerprint density at radius 3 is 2.53 bits per heavy atom. The maximum Gasteiger partial charge on any atom is 0.0320 e. The molecule has 2 fully saturated rings. The molecule has 19 heavy (non-hydrogen) atoms. The summed E-state index contributed by atoms with van der Waals surface area (Å²) in [6, 6.07) is 12.1. The van der Waals surface area contributed by atoms with Crippen molar-refractivity contribution in [2.75, 3.05) is 0 Å². The molecule has 104 valence electrons. The van der Waals surface area contributed by atoms with Crippen molar-refractivity contribution in [1.29, 1.82) is 0 Å². The third-order valence-electron chi connectivity index (χ3n) is 5.51. The molecule has 1 heteroatoms. The van der Waals surface area contributed by atoms with Crippen LogP contribution in [0.5, 0.6) is 0 Å². The second-order valence-corrected chi connectivity index (χ2v) is 6.67. The molecule has 3 rings (SSSR count). The minimum Gasteiger partial charge on any atom is -0.307 e. The maximum absolute atomic E-state index is 3.91. The van der Waals surface area contributed by atoms with E-state index in [0.717, 1.165) is 17.8 Å². The van der Waals surface area contributed by atoms with E-state index >= 15 is 0 Å². The van der Waals surface area contributed by atoms with Gasteiger partial charge < -0.3 is 5.32 Å². The van der Waals surface area contributed by atoms with Gasteiger partial charge in [-0.1, -0.05) is 43.7 Å². The summed E-state index contributed by atoms with van der Waals surface area (Å²) >= 11 is 0. The minimum absolute atomic E-state index is 0.523. The summed E-state index contributed by atoms with van der Waals surface area (Å²) in [5.74, 6) is 2.99. The summed E-state index contributed by atoms with van der Waals surface area (Å²) in [4.78, 5) is 0. The molecule has 1 N–H and O–H groups in total. The third-order valence-corrected chi connectivity index (χ3v) is 5.51. The fourth-order valence-electron chi connectivity index (χ4n) is 4.48. The second kappa shape index (κ2) is 5.66. The van der Waals surface area contributed by atoms with Gasteiger partial charge in [0, 0.05) is 12.1 Å². The standard InChI is InChI=1S/C18H27N/c1-3-18(15-7-5-4-6-8-15)19-13(2)17-12-14-9-10-16(17)11-14/h4-8,13-14,16-19H,3,9-12H2,1-2H3. The lowest BCUT2D eigenvalue weighted by Crippen LogP contribution is -2.38. The van der Waals surface area contributed by atoms with Crippen LogP contribution < -0.4 is 5.32 Å². The predicted molar refractivity (Wildman–Crippen MR) is 81.0 cm³/mol. The normalized spacial score (nSPS) is 32.4. The average molecular weight is 257 g/mol. The highest BCUT2D eigenvalue weighted by atomic mass is 15.0. The zero-order valence-corrected chi connectivity index (χ0v) is 12.3. The number of hydrogen-bond donors (Lipinski definition) is 1. The third kappa shape index (κ3) is 2.72. The molecule has 0 amide bonds. The highest BCUT2D eigenvalue weighted by Crippen LogP contribution is 2.49. The van der Waals surface area contributed by atoms with Crippen LogP contribution in [0.15, 0.2) is 30.3 Å². The van der Waals surface area contributed by atoms with Gasteiger partial charge in [-0.25, -0.2) is 0 Å². The van der Waals surface area contributed by atoms with Crippen LogP contribution >= 0.6 is 0 Å². The Labute approximate surface area is 117 Å². The first-order valence-corrected chi connectivity index (χ1v) is 8.09. The fourth-order valence-corrected chi connectivity index (χ4v) is 4.48. The zero-order chi connectivity index (χ0) is 13.2. The molecule has 1 aromatic carbocycles. The molecule has 2 saturated carbocycles. The van der Waals surface area contributed by atoms with E-state index in [-0.39, 0.29) is 0 Å². The molecular formula is C18H27N. The fraction of sp³-hybridized carbons (Fsp3) is 0.667. The van der Waals surface area contributed by atoms with Crippen LogP contribution in [0.2, 0.25) is 0 Å². The molecule has 2 aliphatic rings. The van der Waals surface area contributed by atoms with Crippen LogP contribution in [0.4, 0.5) is 0 Å². The Bertz CT molecular complexity index is 399. The summed E-state index contributed by atoms with van der Waals surface area (Å²) in [6.07, 6.45) is 7.16. The molecule has 0 radical (unpaired) electrons. The Kier molecular flexibility index (Phi) is 3.93. The van der Waals surface area contributed by atoms with Crippen LogP contribution in [0.3, 0.4) is 0 Å². The van der Waals surface area contributed by atoms with Crippen molar-refractivity contribution in [3.8, 4) is 0 Å². The molecule has 0 aliphatic heterocycles. The minimum atomic E-state index is 0.523. The van der Waals surface area contributed by atoms with Crippen molar-refractivity contribution in [2.24, 2.45) is 17.8 Å². The summed E-state index contributed by atoms with van der Waals surface area (Å²) in [7, 11) is 0. The monoisotopic (exact) mass is 257 g/mol. The SMILES string of the molecule is CCC(NC(C)C1CC2CCC1C2)c1ccccc1. The molecular weight excluding hydrogens is 230 g/mol. The molecule has 0 heterocycles. The lowest BCUT2D eigenvalue weighted by Gasteiger charge is -2.32.